The average molecular weight is 288 g/mol. The first-order valence-corrected chi connectivity index (χ1v) is 7.55. The van der Waals surface area contributed by atoms with Crippen molar-refractivity contribution in [1.82, 2.24) is 10.2 Å². The molecule has 0 spiro atoms. The highest BCUT2D eigenvalue weighted by molar-refractivity contribution is 5.99. The molecule has 21 heavy (non-hydrogen) atoms. The molecule has 114 valence electrons. The Morgan fingerprint density at radius 2 is 1.90 bits per heavy atom. The Labute approximate surface area is 126 Å². The Hall–Kier alpha value is -1.68. The lowest BCUT2D eigenvalue weighted by Gasteiger charge is -2.30. The predicted molar refractivity (Wildman–Crippen MR) is 83.5 cm³/mol. The summed E-state index contributed by atoms with van der Waals surface area (Å²) in [5, 5.41) is 2.70. The SMILES string of the molecule is CNC(=O)C1CCN(CC(=O)c2ccc(C)cc2C)CC1. The van der Waals surface area contributed by atoms with Gasteiger partial charge >= 0.3 is 0 Å². The van der Waals surface area contributed by atoms with Crippen molar-refractivity contribution in [2.45, 2.75) is 26.7 Å². The van der Waals surface area contributed by atoms with E-state index in [0.29, 0.717) is 6.54 Å². The van der Waals surface area contributed by atoms with Crippen LogP contribution in [0.5, 0.6) is 0 Å². The van der Waals surface area contributed by atoms with Crippen molar-refractivity contribution in [1.29, 1.82) is 0 Å². The molecule has 0 aromatic heterocycles. The molecule has 1 aromatic rings. The van der Waals surface area contributed by atoms with Gasteiger partial charge in [-0.25, -0.2) is 0 Å². The molecule has 0 aliphatic carbocycles. The van der Waals surface area contributed by atoms with Crippen LogP contribution in [0.25, 0.3) is 0 Å². The van der Waals surface area contributed by atoms with Crippen molar-refractivity contribution < 1.29 is 9.59 Å². The lowest BCUT2D eigenvalue weighted by Crippen LogP contribution is -2.41. The second kappa shape index (κ2) is 6.85. The summed E-state index contributed by atoms with van der Waals surface area (Å²) in [5.74, 6) is 0.392. The molecule has 1 aliphatic rings. The number of aryl methyl sites for hydroxylation is 2. The number of likely N-dealkylation sites (tertiary alicyclic amines) is 1. The third kappa shape index (κ3) is 3.91. The van der Waals surface area contributed by atoms with Crippen LogP contribution in [0.15, 0.2) is 18.2 Å². The molecular formula is C17H24N2O2. The number of Topliss-reactive ketones (excluding diaryl/α,β-unsaturated/α-hetero) is 1. The smallest absolute Gasteiger partial charge is 0.222 e. The van der Waals surface area contributed by atoms with E-state index in [9.17, 15) is 9.59 Å². The summed E-state index contributed by atoms with van der Waals surface area (Å²) in [5.41, 5.74) is 3.03. The number of rotatable bonds is 4. The van der Waals surface area contributed by atoms with Crippen LogP contribution in [-0.2, 0) is 4.79 Å². The average Bonchev–Trinajstić information content (AvgIpc) is 2.47. The molecule has 1 saturated heterocycles. The van der Waals surface area contributed by atoms with E-state index in [1.165, 1.54) is 5.56 Å². The molecule has 0 bridgehead atoms. The molecule has 0 radical (unpaired) electrons. The maximum Gasteiger partial charge on any atom is 0.222 e. The van der Waals surface area contributed by atoms with Gasteiger partial charge in [-0.3, -0.25) is 14.5 Å². The van der Waals surface area contributed by atoms with Gasteiger partial charge in [-0.05, 0) is 45.3 Å². The quantitative estimate of drug-likeness (QED) is 0.862. The Balaban J connectivity index is 1.91. The van der Waals surface area contributed by atoms with Crippen LogP contribution in [-0.4, -0.2) is 43.3 Å². The molecule has 2 rings (SSSR count). The number of hydrogen-bond donors (Lipinski definition) is 1. The number of amides is 1. The summed E-state index contributed by atoms with van der Waals surface area (Å²) in [6.45, 7) is 6.09. The van der Waals surface area contributed by atoms with E-state index >= 15 is 0 Å². The normalized spacial score (nSPS) is 16.7. The van der Waals surface area contributed by atoms with Gasteiger partial charge in [-0.2, -0.15) is 0 Å². The van der Waals surface area contributed by atoms with Crippen molar-refractivity contribution in [2.75, 3.05) is 26.7 Å². The van der Waals surface area contributed by atoms with Crippen molar-refractivity contribution in [3.8, 4) is 0 Å². The van der Waals surface area contributed by atoms with Gasteiger partial charge in [0.2, 0.25) is 5.91 Å². The molecule has 1 aliphatic heterocycles. The zero-order chi connectivity index (χ0) is 15.4. The highest BCUT2D eigenvalue weighted by Gasteiger charge is 2.25. The van der Waals surface area contributed by atoms with Gasteiger partial charge in [-0.15, -0.1) is 0 Å². The van der Waals surface area contributed by atoms with Gasteiger partial charge in [0.15, 0.2) is 5.78 Å². The van der Waals surface area contributed by atoms with E-state index < -0.39 is 0 Å². The van der Waals surface area contributed by atoms with E-state index in [4.69, 9.17) is 0 Å². The molecule has 1 heterocycles. The van der Waals surface area contributed by atoms with Gasteiger partial charge in [-0.1, -0.05) is 23.8 Å². The van der Waals surface area contributed by atoms with Crippen molar-refractivity contribution >= 4 is 11.7 Å². The molecule has 1 aromatic carbocycles. The minimum atomic E-state index is 0.0995. The van der Waals surface area contributed by atoms with Crippen LogP contribution in [0.4, 0.5) is 0 Å². The number of carbonyl (C=O) groups is 2. The van der Waals surface area contributed by atoms with Crippen LogP contribution in [0.3, 0.4) is 0 Å². The lowest BCUT2D eigenvalue weighted by atomic mass is 9.95. The molecule has 1 N–H and O–H groups in total. The van der Waals surface area contributed by atoms with Crippen LogP contribution in [0.2, 0.25) is 0 Å². The second-order valence-electron chi connectivity index (χ2n) is 5.91. The molecule has 4 heteroatoms. The zero-order valence-electron chi connectivity index (χ0n) is 13.1. The Morgan fingerprint density at radius 1 is 1.24 bits per heavy atom. The number of nitrogens with one attached hydrogen (secondary N) is 1. The first-order valence-electron chi connectivity index (χ1n) is 7.55. The molecule has 1 fully saturated rings. The van der Waals surface area contributed by atoms with Gasteiger partial charge < -0.3 is 5.32 Å². The first-order chi connectivity index (χ1) is 10.0. The minimum absolute atomic E-state index is 0.0995. The standard InChI is InChI=1S/C17H24N2O2/c1-12-4-5-15(13(2)10-12)16(20)11-19-8-6-14(7-9-19)17(21)18-3/h4-5,10,14H,6-9,11H2,1-3H3,(H,18,21). The number of benzene rings is 1. The van der Waals surface area contributed by atoms with Gasteiger partial charge in [0.25, 0.3) is 0 Å². The van der Waals surface area contributed by atoms with E-state index in [1.807, 2.05) is 32.0 Å². The highest BCUT2D eigenvalue weighted by Crippen LogP contribution is 2.18. The maximum atomic E-state index is 12.4. The van der Waals surface area contributed by atoms with Gasteiger partial charge in [0, 0.05) is 18.5 Å². The van der Waals surface area contributed by atoms with Crippen LogP contribution in [0.1, 0.15) is 34.3 Å². The predicted octanol–water partition coefficient (Wildman–Crippen LogP) is 1.94. The van der Waals surface area contributed by atoms with E-state index in [-0.39, 0.29) is 17.6 Å². The molecule has 4 nitrogen and oxygen atoms in total. The summed E-state index contributed by atoms with van der Waals surface area (Å²) in [7, 11) is 1.68. The number of hydrogen-bond acceptors (Lipinski definition) is 3. The topological polar surface area (TPSA) is 49.4 Å². The number of nitrogens with zero attached hydrogens (tertiary/aromatic N) is 1. The third-order valence-corrected chi connectivity index (χ3v) is 4.25. The van der Waals surface area contributed by atoms with Crippen LogP contribution < -0.4 is 5.32 Å². The molecular weight excluding hydrogens is 264 g/mol. The first kappa shape index (κ1) is 15.7. The number of piperidine rings is 1. The van der Waals surface area contributed by atoms with Crippen molar-refractivity contribution in [3.63, 3.8) is 0 Å². The fourth-order valence-corrected chi connectivity index (χ4v) is 2.97. The van der Waals surface area contributed by atoms with Crippen molar-refractivity contribution in [3.05, 3.63) is 34.9 Å². The van der Waals surface area contributed by atoms with E-state index in [0.717, 1.165) is 37.1 Å². The number of ketones is 1. The molecule has 1 amide bonds. The number of carbonyl (C=O) groups excluding carboxylic acids is 2. The molecule has 0 unspecified atom stereocenters. The largest absolute Gasteiger partial charge is 0.359 e. The second-order valence-corrected chi connectivity index (χ2v) is 5.91. The van der Waals surface area contributed by atoms with E-state index in [1.54, 1.807) is 7.05 Å². The minimum Gasteiger partial charge on any atom is -0.359 e. The zero-order valence-corrected chi connectivity index (χ0v) is 13.1. The molecule has 0 saturated carbocycles. The summed E-state index contributed by atoms with van der Waals surface area (Å²) < 4.78 is 0. The monoisotopic (exact) mass is 288 g/mol. The fraction of sp³-hybridized carbons (Fsp3) is 0.529. The fourth-order valence-electron chi connectivity index (χ4n) is 2.97. The highest BCUT2D eigenvalue weighted by atomic mass is 16.1. The Kier molecular flexibility index (Phi) is 5.12. The van der Waals surface area contributed by atoms with Crippen LogP contribution in [0, 0.1) is 19.8 Å². The summed E-state index contributed by atoms with van der Waals surface area (Å²) in [6.07, 6.45) is 1.67. The molecule has 0 atom stereocenters. The Bertz CT molecular complexity index is 532. The van der Waals surface area contributed by atoms with Crippen molar-refractivity contribution in [2.24, 2.45) is 5.92 Å². The summed E-state index contributed by atoms with van der Waals surface area (Å²) in [4.78, 5) is 26.1. The van der Waals surface area contributed by atoms with Crippen LogP contribution >= 0.6 is 0 Å². The van der Waals surface area contributed by atoms with Gasteiger partial charge in [0.1, 0.15) is 0 Å². The lowest BCUT2D eigenvalue weighted by molar-refractivity contribution is -0.125. The maximum absolute atomic E-state index is 12.4. The van der Waals surface area contributed by atoms with Gasteiger partial charge in [0.05, 0.1) is 6.54 Å². The Morgan fingerprint density at radius 3 is 2.48 bits per heavy atom. The third-order valence-electron chi connectivity index (χ3n) is 4.25. The summed E-state index contributed by atoms with van der Waals surface area (Å²) in [6, 6.07) is 5.95. The summed E-state index contributed by atoms with van der Waals surface area (Å²) >= 11 is 0. The van der Waals surface area contributed by atoms with E-state index in [2.05, 4.69) is 10.2 Å².